The van der Waals surface area contributed by atoms with Crippen LogP contribution in [0.2, 0.25) is 0 Å². The molecule has 5 heteroatoms. The number of amides is 1. The number of carbonyl (C=O) groups excluding carboxylic acids is 1. The van der Waals surface area contributed by atoms with E-state index in [1.165, 1.54) is 0 Å². The van der Waals surface area contributed by atoms with Crippen LogP contribution in [0.5, 0.6) is 0 Å². The molecular weight excluding hydrogens is 242 g/mol. The molecule has 0 aromatic carbocycles. The third kappa shape index (κ3) is 3.04. The number of nitrogens with two attached hydrogens (primary N) is 1. The Morgan fingerprint density at radius 2 is 2.37 bits per heavy atom. The van der Waals surface area contributed by atoms with E-state index in [0.29, 0.717) is 24.5 Å². The number of hydrogen-bond donors (Lipinski definition) is 2. The largest absolute Gasteiger partial charge is 0.393 e. The highest BCUT2D eigenvalue weighted by Gasteiger charge is 2.29. The number of aromatic nitrogens is 1. The molecule has 2 unspecified atom stereocenters. The van der Waals surface area contributed by atoms with E-state index in [4.69, 9.17) is 5.73 Å². The topological polar surface area (TPSA) is 79.5 Å². The van der Waals surface area contributed by atoms with Gasteiger partial charge in [0.25, 0.3) is 5.91 Å². The number of aryl methyl sites for hydroxylation is 1. The zero-order chi connectivity index (χ0) is 14.0. The number of anilines is 1. The quantitative estimate of drug-likeness (QED) is 0.855. The van der Waals surface area contributed by atoms with E-state index in [9.17, 15) is 9.90 Å². The van der Waals surface area contributed by atoms with Gasteiger partial charge in [-0.2, -0.15) is 0 Å². The number of aliphatic hydroxyl groups excluding tert-OH is 1. The minimum atomic E-state index is -0.369. The smallest absolute Gasteiger partial charge is 0.254 e. The highest BCUT2D eigenvalue weighted by atomic mass is 16.3. The fourth-order valence-corrected chi connectivity index (χ4v) is 2.46. The molecule has 1 aliphatic rings. The number of hydrogen-bond acceptors (Lipinski definition) is 4. The summed E-state index contributed by atoms with van der Waals surface area (Å²) >= 11 is 0. The second-order valence-electron chi connectivity index (χ2n) is 5.17. The van der Waals surface area contributed by atoms with Crippen molar-refractivity contribution in [3.05, 3.63) is 23.4 Å². The Hall–Kier alpha value is -1.62. The van der Waals surface area contributed by atoms with Crippen LogP contribution in [-0.4, -0.2) is 40.1 Å². The van der Waals surface area contributed by atoms with Crippen molar-refractivity contribution in [2.24, 2.45) is 5.92 Å². The van der Waals surface area contributed by atoms with Gasteiger partial charge in [-0.3, -0.25) is 4.79 Å². The van der Waals surface area contributed by atoms with E-state index in [1.54, 1.807) is 24.0 Å². The zero-order valence-electron chi connectivity index (χ0n) is 11.5. The van der Waals surface area contributed by atoms with E-state index in [-0.39, 0.29) is 17.9 Å². The number of nitrogen functional groups attached to an aromatic ring is 1. The lowest BCUT2D eigenvalue weighted by molar-refractivity contribution is 0.0762. The van der Waals surface area contributed by atoms with E-state index < -0.39 is 0 Å². The van der Waals surface area contributed by atoms with Crippen molar-refractivity contribution >= 4 is 11.7 Å². The summed E-state index contributed by atoms with van der Waals surface area (Å²) in [6, 6.07) is 3.42. The van der Waals surface area contributed by atoms with Crippen LogP contribution in [0.3, 0.4) is 0 Å². The lowest BCUT2D eigenvalue weighted by atomic mass is 10.0. The maximum absolute atomic E-state index is 12.4. The molecule has 2 heterocycles. The van der Waals surface area contributed by atoms with Gasteiger partial charge in [-0.15, -0.1) is 0 Å². The van der Waals surface area contributed by atoms with Gasteiger partial charge < -0.3 is 15.7 Å². The molecule has 0 saturated carbocycles. The van der Waals surface area contributed by atoms with Crippen molar-refractivity contribution in [3.63, 3.8) is 0 Å². The Bertz CT molecular complexity index is 474. The number of pyridine rings is 1. The van der Waals surface area contributed by atoms with Crippen molar-refractivity contribution in [1.29, 1.82) is 0 Å². The van der Waals surface area contributed by atoms with Gasteiger partial charge in [-0.25, -0.2) is 4.98 Å². The second kappa shape index (κ2) is 5.57. The summed E-state index contributed by atoms with van der Waals surface area (Å²) in [6.07, 6.45) is 1.23. The minimum absolute atomic E-state index is 0.0213. The Morgan fingerprint density at radius 1 is 1.63 bits per heavy atom. The van der Waals surface area contributed by atoms with Gasteiger partial charge in [0, 0.05) is 30.3 Å². The van der Waals surface area contributed by atoms with Crippen LogP contribution in [0.25, 0.3) is 0 Å². The van der Waals surface area contributed by atoms with Gasteiger partial charge >= 0.3 is 0 Å². The molecule has 1 aromatic heterocycles. The first kappa shape index (κ1) is 13.8. The third-order valence-corrected chi connectivity index (χ3v) is 3.70. The van der Waals surface area contributed by atoms with E-state index >= 15 is 0 Å². The van der Waals surface area contributed by atoms with Crippen LogP contribution >= 0.6 is 0 Å². The molecule has 3 N–H and O–H groups in total. The van der Waals surface area contributed by atoms with Crippen molar-refractivity contribution in [2.45, 2.75) is 32.8 Å². The molecule has 2 atom stereocenters. The normalized spacial score (nSPS) is 20.6. The van der Waals surface area contributed by atoms with Crippen LogP contribution in [0.4, 0.5) is 5.82 Å². The number of carbonyl (C=O) groups is 1. The first-order chi connectivity index (χ1) is 9.01. The second-order valence-corrected chi connectivity index (χ2v) is 5.17. The summed E-state index contributed by atoms with van der Waals surface area (Å²) in [5.74, 6) is 0.537. The lowest BCUT2D eigenvalue weighted by Gasteiger charge is -2.18. The van der Waals surface area contributed by atoms with Gasteiger partial charge in [0.1, 0.15) is 5.82 Å². The number of aliphatic hydroxyl groups is 1. The summed E-state index contributed by atoms with van der Waals surface area (Å²) in [5.41, 5.74) is 7.15. The van der Waals surface area contributed by atoms with E-state index in [1.807, 2.05) is 6.92 Å². The lowest BCUT2D eigenvalue weighted by Crippen LogP contribution is -2.30. The zero-order valence-corrected chi connectivity index (χ0v) is 11.5. The molecule has 0 spiro atoms. The van der Waals surface area contributed by atoms with Crippen LogP contribution < -0.4 is 5.73 Å². The predicted octanol–water partition coefficient (Wildman–Crippen LogP) is 1.07. The summed E-state index contributed by atoms with van der Waals surface area (Å²) in [4.78, 5) is 18.4. The maximum Gasteiger partial charge on any atom is 0.254 e. The maximum atomic E-state index is 12.4. The summed E-state index contributed by atoms with van der Waals surface area (Å²) in [6.45, 7) is 5.06. The Balaban J connectivity index is 2.14. The summed E-state index contributed by atoms with van der Waals surface area (Å²) in [5, 5.41) is 9.58. The molecule has 1 aliphatic heterocycles. The molecule has 1 amide bonds. The average molecular weight is 263 g/mol. The molecule has 0 aliphatic carbocycles. The Morgan fingerprint density at radius 3 is 2.95 bits per heavy atom. The van der Waals surface area contributed by atoms with Gasteiger partial charge in [-0.1, -0.05) is 6.92 Å². The highest BCUT2D eigenvalue weighted by Crippen LogP contribution is 2.22. The summed E-state index contributed by atoms with van der Waals surface area (Å²) in [7, 11) is 0. The Kier molecular flexibility index (Phi) is 4.04. The van der Waals surface area contributed by atoms with Gasteiger partial charge in [0.15, 0.2) is 0 Å². The monoisotopic (exact) mass is 263 g/mol. The van der Waals surface area contributed by atoms with Crippen LogP contribution in [-0.2, 0) is 6.42 Å². The van der Waals surface area contributed by atoms with Crippen molar-refractivity contribution < 1.29 is 9.90 Å². The van der Waals surface area contributed by atoms with Crippen molar-refractivity contribution in [1.82, 2.24) is 9.88 Å². The molecular formula is C14H21N3O2. The minimum Gasteiger partial charge on any atom is -0.393 e. The summed E-state index contributed by atoms with van der Waals surface area (Å²) < 4.78 is 0. The SMILES string of the molecule is CCc1cc(C(=O)N2CCC(C(C)O)C2)cc(N)n1. The van der Waals surface area contributed by atoms with Crippen LogP contribution in [0.1, 0.15) is 36.3 Å². The number of rotatable bonds is 3. The Labute approximate surface area is 113 Å². The predicted molar refractivity (Wildman–Crippen MR) is 73.7 cm³/mol. The van der Waals surface area contributed by atoms with Gasteiger partial charge in [-0.05, 0) is 31.9 Å². The first-order valence-corrected chi connectivity index (χ1v) is 6.75. The average Bonchev–Trinajstić information content (AvgIpc) is 2.86. The van der Waals surface area contributed by atoms with Crippen LogP contribution in [0, 0.1) is 5.92 Å². The van der Waals surface area contributed by atoms with Gasteiger partial charge in [0.05, 0.1) is 6.10 Å². The van der Waals surface area contributed by atoms with Gasteiger partial charge in [0.2, 0.25) is 0 Å². The molecule has 104 valence electrons. The number of likely N-dealkylation sites (tertiary alicyclic amines) is 1. The van der Waals surface area contributed by atoms with Crippen molar-refractivity contribution in [3.8, 4) is 0 Å². The molecule has 5 nitrogen and oxygen atoms in total. The highest BCUT2D eigenvalue weighted by molar-refractivity contribution is 5.95. The van der Waals surface area contributed by atoms with Crippen molar-refractivity contribution in [2.75, 3.05) is 18.8 Å². The molecule has 0 bridgehead atoms. The van der Waals surface area contributed by atoms with Crippen LogP contribution in [0.15, 0.2) is 12.1 Å². The standard InChI is InChI=1S/C14H21N3O2/c1-3-12-6-11(7-13(15)16-12)14(19)17-5-4-10(8-17)9(2)18/h6-7,9-10,18H,3-5,8H2,1-2H3,(H2,15,16). The molecule has 19 heavy (non-hydrogen) atoms. The molecule has 0 radical (unpaired) electrons. The fraction of sp³-hybridized carbons (Fsp3) is 0.571. The first-order valence-electron chi connectivity index (χ1n) is 6.75. The van der Waals surface area contributed by atoms with E-state index in [2.05, 4.69) is 4.98 Å². The molecule has 2 rings (SSSR count). The molecule has 1 fully saturated rings. The fourth-order valence-electron chi connectivity index (χ4n) is 2.46. The van der Waals surface area contributed by atoms with E-state index in [0.717, 1.165) is 18.5 Å². The third-order valence-electron chi connectivity index (χ3n) is 3.70. The molecule has 1 saturated heterocycles. The molecule has 1 aromatic rings. The number of nitrogens with zero attached hydrogens (tertiary/aromatic N) is 2.